The molecule has 0 unspecified atom stereocenters. The van der Waals surface area contributed by atoms with Crippen LogP contribution in [0.25, 0.3) is 11.1 Å². The molecule has 0 spiro atoms. The molecular formula is C20H25N5O4. The number of aromatic amines is 1. The molecule has 0 aliphatic heterocycles. The van der Waals surface area contributed by atoms with Gasteiger partial charge >= 0.3 is 5.69 Å². The number of amides is 1. The Morgan fingerprint density at radius 3 is 2.72 bits per heavy atom. The summed E-state index contributed by atoms with van der Waals surface area (Å²) in [6.07, 6.45) is 1.97. The first-order chi connectivity index (χ1) is 14.0. The standard InChI is InChI=1S/C20H25N5O4/c1-3-5-12-25-18(21)17(19(27)23-20(25)28)24(4-2)16(26)11-10-15-22-13-8-6-7-9-14(13)29-15/h6-9H,3-5,10-12,21H2,1-2H3,(H,23,27,28). The maximum Gasteiger partial charge on any atom is 0.330 e. The molecule has 0 aliphatic rings. The van der Waals surface area contributed by atoms with Gasteiger partial charge in [-0.2, -0.15) is 0 Å². The summed E-state index contributed by atoms with van der Waals surface area (Å²) < 4.78 is 6.95. The van der Waals surface area contributed by atoms with Gasteiger partial charge in [-0.05, 0) is 25.5 Å². The number of anilines is 2. The van der Waals surface area contributed by atoms with Gasteiger partial charge in [0.25, 0.3) is 5.56 Å². The number of hydrogen-bond acceptors (Lipinski definition) is 6. The molecule has 2 heterocycles. The van der Waals surface area contributed by atoms with Crippen LogP contribution in [0.4, 0.5) is 11.5 Å². The third-order valence-corrected chi connectivity index (χ3v) is 4.73. The molecule has 154 valence electrons. The summed E-state index contributed by atoms with van der Waals surface area (Å²) in [7, 11) is 0. The number of hydrogen-bond donors (Lipinski definition) is 2. The van der Waals surface area contributed by atoms with Crippen molar-refractivity contribution in [3.05, 3.63) is 51.0 Å². The lowest BCUT2D eigenvalue weighted by Crippen LogP contribution is -2.41. The Kier molecular flexibility index (Phi) is 6.16. The second-order valence-corrected chi connectivity index (χ2v) is 6.71. The van der Waals surface area contributed by atoms with Crippen molar-refractivity contribution in [1.82, 2.24) is 14.5 Å². The van der Waals surface area contributed by atoms with Gasteiger partial charge < -0.3 is 15.1 Å². The van der Waals surface area contributed by atoms with Gasteiger partial charge in [-0.1, -0.05) is 25.5 Å². The van der Waals surface area contributed by atoms with Crippen molar-refractivity contribution in [3.8, 4) is 0 Å². The van der Waals surface area contributed by atoms with E-state index in [1.807, 2.05) is 31.2 Å². The molecule has 0 bridgehead atoms. The molecule has 0 saturated carbocycles. The third kappa shape index (κ3) is 4.23. The van der Waals surface area contributed by atoms with Crippen LogP contribution in [0.3, 0.4) is 0 Å². The molecule has 1 amide bonds. The first kappa shape index (κ1) is 20.4. The number of carbonyl (C=O) groups is 1. The molecule has 0 aliphatic carbocycles. The van der Waals surface area contributed by atoms with Crippen molar-refractivity contribution in [2.45, 2.75) is 46.1 Å². The number of nitrogen functional groups attached to an aromatic ring is 1. The molecule has 29 heavy (non-hydrogen) atoms. The number of fused-ring (bicyclic) bond motifs is 1. The number of aromatic nitrogens is 3. The van der Waals surface area contributed by atoms with E-state index >= 15 is 0 Å². The summed E-state index contributed by atoms with van der Waals surface area (Å²) in [4.78, 5) is 45.3. The van der Waals surface area contributed by atoms with Crippen LogP contribution in [-0.2, 0) is 17.8 Å². The number of nitrogens with zero attached hydrogens (tertiary/aromatic N) is 3. The average Bonchev–Trinajstić information content (AvgIpc) is 3.12. The molecule has 9 heteroatoms. The van der Waals surface area contributed by atoms with E-state index in [4.69, 9.17) is 10.2 Å². The maximum absolute atomic E-state index is 12.8. The van der Waals surface area contributed by atoms with Crippen LogP contribution in [-0.4, -0.2) is 27.0 Å². The average molecular weight is 399 g/mol. The summed E-state index contributed by atoms with van der Waals surface area (Å²) in [5.74, 6) is 0.155. The molecule has 0 atom stereocenters. The monoisotopic (exact) mass is 399 g/mol. The molecule has 1 aromatic carbocycles. The second-order valence-electron chi connectivity index (χ2n) is 6.71. The quantitative estimate of drug-likeness (QED) is 0.597. The fourth-order valence-corrected chi connectivity index (χ4v) is 3.21. The number of aryl methyl sites for hydroxylation is 1. The zero-order chi connectivity index (χ0) is 21.0. The normalized spacial score (nSPS) is 11.1. The summed E-state index contributed by atoms with van der Waals surface area (Å²) in [5.41, 5.74) is 6.27. The first-order valence-electron chi connectivity index (χ1n) is 9.73. The van der Waals surface area contributed by atoms with E-state index in [-0.39, 0.29) is 36.8 Å². The van der Waals surface area contributed by atoms with Crippen molar-refractivity contribution >= 4 is 28.5 Å². The number of oxazole rings is 1. The minimum absolute atomic E-state index is 0.00395. The Labute approximate surface area is 167 Å². The molecule has 0 radical (unpaired) electrons. The number of nitrogens with two attached hydrogens (primary N) is 1. The Morgan fingerprint density at radius 2 is 2.03 bits per heavy atom. The highest BCUT2D eigenvalue weighted by atomic mass is 16.3. The Balaban J connectivity index is 1.83. The van der Waals surface area contributed by atoms with Crippen LogP contribution in [0, 0.1) is 0 Å². The van der Waals surface area contributed by atoms with Crippen LogP contribution in [0.2, 0.25) is 0 Å². The van der Waals surface area contributed by atoms with Crippen LogP contribution >= 0.6 is 0 Å². The van der Waals surface area contributed by atoms with Crippen molar-refractivity contribution in [2.24, 2.45) is 0 Å². The van der Waals surface area contributed by atoms with E-state index in [1.54, 1.807) is 6.92 Å². The first-order valence-corrected chi connectivity index (χ1v) is 9.73. The highest BCUT2D eigenvalue weighted by Crippen LogP contribution is 2.20. The van der Waals surface area contributed by atoms with Gasteiger partial charge in [0.15, 0.2) is 17.2 Å². The summed E-state index contributed by atoms with van der Waals surface area (Å²) >= 11 is 0. The van der Waals surface area contributed by atoms with E-state index in [1.165, 1.54) is 9.47 Å². The van der Waals surface area contributed by atoms with Gasteiger partial charge in [0.05, 0.1) is 0 Å². The minimum atomic E-state index is -0.669. The second kappa shape index (κ2) is 8.76. The number of unbranched alkanes of at least 4 members (excludes halogenated alkanes) is 1. The molecule has 3 rings (SSSR count). The Morgan fingerprint density at radius 1 is 1.28 bits per heavy atom. The van der Waals surface area contributed by atoms with E-state index in [0.29, 0.717) is 18.0 Å². The fourth-order valence-electron chi connectivity index (χ4n) is 3.21. The van der Waals surface area contributed by atoms with Gasteiger partial charge in [-0.3, -0.25) is 19.1 Å². The van der Waals surface area contributed by atoms with Gasteiger partial charge in [0, 0.05) is 25.9 Å². The van der Waals surface area contributed by atoms with Crippen LogP contribution in [0.5, 0.6) is 0 Å². The van der Waals surface area contributed by atoms with Gasteiger partial charge in [0.1, 0.15) is 11.3 Å². The molecule has 0 fully saturated rings. The van der Waals surface area contributed by atoms with Gasteiger partial charge in [-0.25, -0.2) is 9.78 Å². The van der Waals surface area contributed by atoms with Crippen molar-refractivity contribution in [2.75, 3.05) is 17.2 Å². The predicted octanol–water partition coefficient (Wildman–Crippen LogP) is 2.05. The number of para-hydroxylation sites is 2. The zero-order valence-electron chi connectivity index (χ0n) is 16.6. The van der Waals surface area contributed by atoms with Crippen LogP contribution in [0.15, 0.2) is 38.3 Å². The SMILES string of the molecule is CCCCn1c(N)c(N(CC)C(=O)CCc2nc3ccccc3o2)c(=O)[nH]c1=O. The van der Waals surface area contributed by atoms with Crippen LogP contribution in [0.1, 0.15) is 39.0 Å². The van der Waals surface area contributed by atoms with E-state index in [2.05, 4.69) is 9.97 Å². The molecule has 3 N–H and O–H groups in total. The van der Waals surface area contributed by atoms with Crippen molar-refractivity contribution < 1.29 is 9.21 Å². The number of carbonyl (C=O) groups excluding carboxylic acids is 1. The fraction of sp³-hybridized carbons (Fsp3) is 0.400. The summed E-state index contributed by atoms with van der Waals surface area (Å²) in [6.45, 7) is 4.35. The lowest BCUT2D eigenvalue weighted by Gasteiger charge is -2.23. The van der Waals surface area contributed by atoms with Crippen molar-refractivity contribution in [3.63, 3.8) is 0 Å². The highest BCUT2D eigenvalue weighted by Gasteiger charge is 2.23. The molecule has 3 aromatic rings. The highest BCUT2D eigenvalue weighted by molar-refractivity contribution is 5.95. The Hall–Kier alpha value is -3.36. The smallest absolute Gasteiger partial charge is 0.330 e. The topological polar surface area (TPSA) is 127 Å². The van der Waals surface area contributed by atoms with E-state index in [0.717, 1.165) is 18.4 Å². The van der Waals surface area contributed by atoms with Crippen LogP contribution < -0.4 is 21.9 Å². The summed E-state index contributed by atoms with van der Waals surface area (Å²) in [6, 6.07) is 7.36. The molecular weight excluding hydrogens is 374 g/mol. The number of benzene rings is 1. The summed E-state index contributed by atoms with van der Waals surface area (Å²) in [5, 5.41) is 0. The maximum atomic E-state index is 12.8. The number of rotatable bonds is 8. The zero-order valence-corrected chi connectivity index (χ0v) is 16.6. The van der Waals surface area contributed by atoms with E-state index < -0.39 is 11.2 Å². The van der Waals surface area contributed by atoms with Gasteiger partial charge in [-0.15, -0.1) is 0 Å². The third-order valence-electron chi connectivity index (χ3n) is 4.73. The molecule has 0 saturated heterocycles. The lowest BCUT2D eigenvalue weighted by atomic mass is 10.2. The lowest BCUT2D eigenvalue weighted by molar-refractivity contribution is -0.118. The predicted molar refractivity (Wildman–Crippen MR) is 111 cm³/mol. The Bertz CT molecular complexity index is 1090. The minimum Gasteiger partial charge on any atom is -0.441 e. The largest absolute Gasteiger partial charge is 0.441 e. The van der Waals surface area contributed by atoms with Gasteiger partial charge in [0.2, 0.25) is 5.91 Å². The number of nitrogens with one attached hydrogen (secondary N) is 1. The number of H-pyrrole nitrogens is 1. The van der Waals surface area contributed by atoms with Crippen molar-refractivity contribution in [1.29, 1.82) is 0 Å². The molecule has 9 nitrogen and oxygen atoms in total. The molecule has 2 aromatic heterocycles. The van der Waals surface area contributed by atoms with E-state index in [9.17, 15) is 14.4 Å².